The first kappa shape index (κ1) is 18.9. The van der Waals surface area contributed by atoms with Crippen molar-refractivity contribution in [2.24, 2.45) is 5.92 Å². The van der Waals surface area contributed by atoms with Crippen LogP contribution in [0, 0.1) is 5.92 Å². The molecule has 0 saturated carbocycles. The van der Waals surface area contributed by atoms with Crippen molar-refractivity contribution in [1.82, 2.24) is 9.80 Å². The van der Waals surface area contributed by atoms with Crippen molar-refractivity contribution in [1.29, 1.82) is 0 Å². The van der Waals surface area contributed by atoms with Gasteiger partial charge in [0.2, 0.25) is 11.8 Å². The molecule has 0 fully saturated rings. The van der Waals surface area contributed by atoms with Gasteiger partial charge in [-0.25, -0.2) is 0 Å². The molecule has 4 heteroatoms. The molecule has 0 rings (SSSR count). The summed E-state index contributed by atoms with van der Waals surface area (Å²) in [5.41, 5.74) is 0. The monoisotopic (exact) mass is 284 g/mol. The fourth-order valence-electron chi connectivity index (χ4n) is 2.16. The minimum absolute atomic E-state index is 0.0912. The Kier molecular flexibility index (Phi) is 10.1. The standard InChI is InChI=1S/C16H32N2O2/c1-6-10-15(19)18(11-7-2)13-9-12-17(5)16(20)14(4)8-3/h14H,6-13H2,1-5H3. The van der Waals surface area contributed by atoms with E-state index in [0.29, 0.717) is 6.42 Å². The first-order valence-corrected chi connectivity index (χ1v) is 8.00. The fraction of sp³-hybridized carbons (Fsp3) is 0.875. The summed E-state index contributed by atoms with van der Waals surface area (Å²) in [6.45, 7) is 10.4. The smallest absolute Gasteiger partial charge is 0.225 e. The van der Waals surface area contributed by atoms with Crippen molar-refractivity contribution < 1.29 is 9.59 Å². The number of carbonyl (C=O) groups is 2. The van der Waals surface area contributed by atoms with Crippen LogP contribution in [-0.4, -0.2) is 48.3 Å². The van der Waals surface area contributed by atoms with Crippen LogP contribution in [0.5, 0.6) is 0 Å². The van der Waals surface area contributed by atoms with Crippen LogP contribution in [0.3, 0.4) is 0 Å². The lowest BCUT2D eigenvalue weighted by Gasteiger charge is -2.25. The quantitative estimate of drug-likeness (QED) is 0.619. The molecule has 118 valence electrons. The van der Waals surface area contributed by atoms with E-state index in [0.717, 1.165) is 45.3 Å². The van der Waals surface area contributed by atoms with Crippen molar-refractivity contribution in [3.05, 3.63) is 0 Å². The normalized spacial score (nSPS) is 12.1. The third kappa shape index (κ3) is 6.92. The lowest BCUT2D eigenvalue weighted by Crippen LogP contribution is -2.36. The Hall–Kier alpha value is -1.06. The second-order valence-corrected chi connectivity index (χ2v) is 5.55. The number of hydrogen-bond donors (Lipinski definition) is 0. The molecule has 4 nitrogen and oxygen atoms in total. The number of amides is 2. The zero-order valence-electron chi connectivity index (χ0n) is 13.9. The molecule has 0 aliphatic carbocycles. The average Bonchev–Trinajstić information content (AvgIpc) is 2.44. The van der Waals surface area contributed by atoms with E-state index in [4.69, 9.17) is 0 Å². The van der Waals surface area contributed by atoms with Gasteiger partial charge >= 0.3 is 0 Å². The number of nitrogens with zero attached hydrogens (tertiary/aromatic N) is 2. The molecule has 0 aliphatic heterocycles. The summed E-state index contributed by atoms with van der Waals surface area (Å²) in [6.07, 6.45) is 4.23. The van der Waals surface area contributed by atoms with Crippen LogP contribution in [0.15, 0.2) is 0 Å². The summed E-state index contributed by atoms with van der Waals surface area (Å²) in [5, 5.41) is 0. The van der Waals surface area contributed by atoms with Crippen LogP contribution < -0.4 is 0 Å². The molecule has 0 spiro atoms. The summed E-state index contributed by atoms with van der Waals surface area (Å²) in [4.78, 5) is 27.6. The van der Waals surface area contributed by atoms with E-state index in [-0.39, 0.29) is 17.7 Å². The van der Waals surface area contributed by atoms with Gasteiger partial charge in [0.15, 0.2) is 0 Å². The van der Waals surface area contributed by atoms with Gasteiger partial charge in [0.1, 0.15) is 0 Å². The van der Waals surface area contributed by atoms with Crippen LogP contribution >= 0.6 is 0 Å². The highest BCUT2D eigenvalue weighted by atomic mass is 16.2. The van der Waals surface area contributed by atoms with Crippen molar-refractivity contribution in [3.8, 4) is 0 Å². The highest BCUT2D eigenvalue weighted by Gasteiger charge is 2.16. The summed E-state index contributed by atoms with van der Waals surface area (Å²) in [5.74, 6) is 0.535. The molecule has 2 amide bonds. The molecule has 0 saturated heterocycles. The summed E-state index contributed by atoms with van der Waals surface area (Å²) < 4.78 is 0. The predicted octanol–water partition coefficient (Wildman–Crippen LogP) is 2.92. The molecule has 20 heavy (non-hydrogen) atoms. The highest BCUT2D eigenvalue weighted by Crippen LogP contribution is 2.06. The number of carbonyl (C=O) groups excluding carboxylic acids is 2. The molecule has 0 aromatic rings. The van der Waals surface area contributed by atoms with Gasteiger partial charge in [-0.15, -0.1) is 0 Å². The van der Waals surface area contributed by atoms with Crippen LogP contribution in [0.2, 0.25) is 0 Å². The molecule has 0 radical (unpaired) electrons. The largest absolute Gasteiger partial charge is 0.345 e. The van der Waals surface area contributed by atoms with Gasteiger partial charge in [-0.2, -0.15) is 0 Å². The molecule has 0 aromatic heterocycles. The van der Waals surface area contributed by atoms with E-state index in [1.807, 2.05) is 32.7 Å². The van der Waals surface area contributed by atoms with E-state index in [2.05, 4.69) is 6.92 Å². The third-order valence-electron chi connectivity index (χ3n) is 3.64. The molecular weight excluding hydrogens is 252 g/mol. The van der Waals surface area contributed by atoms with Crippen LogP contribution in [0.4, 0.5) is 0 Å². The number of hydrogen-bond acceptors (Lipinski definition) is 2. The minimum Gasteiger partial charge on any atom is -0.345 e. The van der Waals surface area contributed by atoms with Gasteiger partial charge in [-0.05, 0) is 25.7 Å². The lowest BCUT2D eigenvalue weighted by atomic mass is 10.1. The lowest BCUT2D eigenvalue weighted by molar-refractivity contribution is -0.133. The van der Waals surface area contributed by atoms with Gasteiger partial charge < -0.3 is 9.80 Å². The van der Waals surface area contributed by atoms with Gasteiger partial charge in [-0.1, -0.05) is 27.7 Å². The Balaban J connectivity index is 4.16. The molecule has 0 bridgehead atoms. The molecule has 0 heterocycles. The molecule has 0 aromatic carbocycles. The topological polar surface area (TPSA) is 40.6 Å². The first-order chi connectivity index (χ1) is 9.47. The van der Waals surface area contributed by atoms with Gasteiger partial charge in [-0.3, -0.25) is 9.59 Å². The SMILES string of the molecule is CCCC(=O)N(CCC)CCCN(C)C(=O)C(C)CC. The van der Waals surface area contributed by atoms with Crippen molar-refractivity contribution in [2.75, 3.05) is 26.7 Å². The Labute approximate surface area is 124 Å². The molecule has 1 atom stereocenters. The fourth-order valence-corrected chi connectivity index (χ4v) is 2.16. The Morgan fingerprint density at radius 1 is 1.00 bits per heavy atom. The van der Waals surface area contributed by atoms with E-state index in [1.54, 1.807) is 4.90 Å². The Bertz CT molecular complexity index is 292. The van der Waals surface area contributed by atoms with Gasteiger partial charge in [0.05, 0.1) is 0 Å². The highest BCUT2D eigenvalue weighted by molar-refractivity contribution is 5.78. The summed E-state index contributed by atoms with van der Waals surface area (Å²) in [6, 6.07) is 0. The third-order valence-corrected chi connectivity index (χ3v) is 3.64. The van der Waals surface area contributed by atoms with Crippen LogP contribution in [0.25, 0.3) is 0 Å². The van der Waals surface area contributed by atoms with Crippen molar-refractivity contribution >= 4 is 11.8 Å². The van der Waals surface area contributed by atoms with Gasteiger partial charge in [0, 0.05) is 39.0 Å². The second-order valence-electron chi connectivity index (χ2n) is 5.55. The Morgan fingerprint density at radius 2 is 1.65 bits per heavy atom. The first-order valence-electron chi connectivity index (χ1n) is 8.00. The zero-order chi connectivity index (χ0) is 15.5. The second kappa shape index (κ2) is 10.7. The summed E-state index contributed by atoms with van der Waals surface area (Å²) in [7, 11) is 1.85. The van der Waals surface area contributed by atoms with Crippen LogP contribution in [-0.2, 0) is 9.59 Å². The average molecular weight is 284 g/mol. The molecule has 1 unspecified atom stereocenters. The maximum absolute atomic E-state index is 12.0. The van der Waals surface area contributed by atoms with E-state index < -0.39 is 0 Å². The van der Waals surface area contributed by atoms with Crippen molar-refractivity contribution in [2.45, 2.75) is 59.8 Å². The van der Waals surface area contributed by atoms with Crippen LogP contribution in [0.1, 0.15) is 59.8 Å². The van der Waals surface area contributed by atoms with Gasteiger partial charge in [0.25, 0.3) is 0 Å². The van der Waals surface area contributed by atoms with E-state index in [1.165, 1.54) is 0 Å². The molecular formula is C16H32N2O2. The number of rotatable bonds is 10. The maximum atomic E-state index is 12.0. The molecule has 0 N–H and O–H groups in total. The predicted molar refractivity (Wildman–Crippen MR) is 83.5 cm³/mol. The minimum atomic E-state index is 0.0912. The summed E-state index contributed by atoms with van der Waals surface area (Å²) >= 11 is 0. The Morgan fingerprint density at radius 3 is 2.15 bits per heavy atom. The maximum Gasteiger partial charge on any atom is 0.225 e. The zero-order valence-corrected chi connectivity index (χ0v) is 13.9. The van der Waals surface area contributed by atoms with E-state index >= 15 is 0 Å². The molecule has 0 aliphatic rings. The van der Waals surface area contributed by atoms with E-state index in [9.17, 15) is 9.59 Å². The van der Waals surface area contributed by atoms with Crippen molar-refractivity contribution in [3.63, 3.8) is 0 Å².